The predicted molar refractivity (Wildman–Crippen MR) is 151 cm³/mol. The molecule has 3 fully saturated rings. The molecule has 2 saturated heterocycles. The average molecular weight is 625 g/mol. The highest BCUT2D eigenvalue weighted by Gasteiger charge is 2.40. The van der Waals surface area contributed by atoms with E-state index in [1.807, 2.05) is 40.1 Å². The van der Waals surface area contributed by atoms with Gasteiger partial charge in [-0.1, -0.05) is 30.3 Å². The number of alkyl halides is 6. The summed E-state index contributed by atoms with van der Waals surface area (Å²) in [6, 6.07) is 10.8. The van der Waals surface area contributed by atoms with Gasteiger partial charge in [-0.15, -0.1) is 0 Å². The largest absolute Gasteiger partial charge is 0.416 e. The third kappa shape index (κ3) is 7.41. The summed E-state index contributed by atoms with van der Waals surface area (Å²) in [6.45, 7) is 3.76. The Morgan fingerprint density at radius 2 is 1.27 bits per heavy atom. The van der Waals surface area contributed by atoms with Gasteiger partial charge in [0.05, 0.1) is 23.3 Å². The molecule has 2 aromatic carbocycles. The van der Waals surface area contributed by atoms with Crippen LogP contribution in [0.1, 0.15) is 86.1 Å². The molecule has 0 aromatic heterocycles. The summed E-state index contributed by atoms with van der Waals surface area (Å²) in [5.74, 6) is -0.317. The Bertz CT molecular complexity index is 1270. The second-order valence-electron chi connectivity index (χ2n) is 12.3. The fourth-order valence-corrected chi connectivity index (χ4v) is 6.91. The lowest BCUT2D eigenvalue weighted by Gasteiger charge is -2.42. The van der Waals surface area contributed by atoms with E-state index < -0.39 is 35.7 Å². The number of carbonyl (C=O) groups excluding carboxylic acids is 2. The zero-order valence-electron chi connectivity index (χ0n) is 24.7. The van der Waals surface area contributed by atoms with Gasteiger partial charge in [-0.05, 0) is 81.2 Å². The lowest BCUT2D eigenvalue weighted by Crippen LogP contribution is -2.48. The molecule has 2 heterocycles. The summed E-state index contributed by atoms with van der Waals surface area (Å²) >= 11 is 0. The minimum atomic E-state index is -4.95. The predicted octanol–water partition coefficient (Wildman–Crippen LogP) is 7.62. The first kappa shape index (κ1) is 32.3. The Morgan fingerprint density at radius 1 is 0.750 bits per heavy atom. The number of likely N-dealkylation sites (tertiary alicyclic amines) is 2. The van der Waals surface area contributed by atoms with Crippen LogP contribution in [0.4, 0.5) is 26.3 Å². The first-order valence-electron chi connectivity index (χ1n) is 15.4. The van der Waals surface area contributed by atoms with Crippen molar-refractivity contribution in [2.45, 2.75) is 82.3 Å². The van der Waals surface area contributed by atoms with Crippen molar-refractivity contribution in [3.05, 3.63) is 70.8 Å². The van der Waals surface area contributed by atoms with E-state index in [9.17, 15) is 35.9 Å². The van der Waals surface area contributed by atoms with Crippen LogP contribution in [0.3, 0.4) is 0 Å². The molecule has 0 radical (unpaired) electrons. The van der Waals surface area contributed by atoms with Crippen LogP contribution in [0.25, 0.3) is 0 Å². The van der Waals surface area contributed by atoms with Crippen LogP contribution in [0.15, 0.2) is 48.5 Å². The summed E-state index contributed by atoms with van der Waals surface area (Å²) in [4.78, 5) is 30.2. The van der Waals surface area contributed by atoms with Gasteiger partial charge >= 0.3 is 12.4 Å². The molecular formula is C33H38F6N2O3. The molecule has 3 aliphatic rings. The summed E-state index contributed by atoms with van der Waals surface area (Å²) in [5, 5.41) is 0. The number of piperidine rings is 1. The minimum Gasteiger partial charge on any atom is -0.370 e. The van der Waals surface area contributed by atoms with E-state index in [1.54, 1.807) is 0 Å². The molecule has 5 nitrogen and oxygen atoms in total. The molecule has 0 bridgehead atoms. The molecule has 0 N–H and O–H groups in total. The van der Waals surface area contributed by atoms with Gasteiger partial charge in [-0.3, -0.25) is 9.59 Å². The normalized spacial score (nSPS) is 25.6. The highest BCUT2D eigenvalue weighted by Crippen LogP contribution is 2.40. The van der Waals surface area contributed by atoms with Crippen LogP contribution in [0.2, 0.25) is 0 Å². The quantitative estimate of drug-likeness (QED) is 0.311. The van der Waals surface area contributed by atoms with E-state index in [4.69, 9.17) is 4.74 Å². The van der Waals surface area contributed by atoms with Crippen LogP contribution < -0.4 is 0 Å². The molecule has 44 heavy (non-hydrogen) atoms. The number of hydrogen-bond donors (Lipinski definition) is 0. The van der Waals surface area contributed by atoms with E-state index in [2.05, 4.69) is 0 Å². The third-order valence-corrected chi connectivity index (χ3v) is 9.39. The lowest BCUT2D eigenvalue weighted by molar-refractivity contribution is -0.144. The molecule has 1 saturated carbocycles. The summed E-state index contributed by atoms with van der Waals surface area (Å²) < 4.78 is 87.1. The molecule has 2 aromatic rings. The Balaban J connectivity index is 1.28. The van der Waals surface area contributed by atoms with Gasteiger partial charge in [0.15, 0.2) is 0 Å². The number of ether oxygens (including phenoxy) is 1. The molecule has 0 unspecified atom stereocenters. The van der Waals surface area contributed by atoms with Crippen molar-refractivity contribution in [2.75, 3.05) is 26.2 Å². The van der Waals surface area contributed by atoms with E-state index in [0.29, 0.717) is 57.3 Å². The number of amides is 2. The molecule has 0 spiro atoms. The van der Waals surface area contributed by atoms with Crippen molar-refractivity contribution < 1.29 is 40.7 Å². The van der Waals surface area contributed by atoms with E-state index >= 15 is 0 Å². The van der Waals surface area contributed by atoms with Crippen molar-refractivity contribution in [2.24, 2.45) is 11.8 Å². The molecule has 3 atom stereocenters. The molecule has 2 amide bonds. The number of nitrogens with zero attached hydrogens (tertiary/aromatic N) is 2. The molecule has 240 valence electrons. The van der Waals surface area contributed by atoms with Gasteiger partial charge in [-0.2, -0.15) is 26.3 Å². The van der Waals surface area contributed by atoms with Gasteiger partial charge in [0.2, 0.25) is 11.8 Å². The van der Waals surface area contributed by atoms with Crippen LogP contribution in [0, 0.1) is 11.8 Å². The molecular weight excluding hydrogens is 586 g/mol. The second kappa shape index (κ2) is 13.1. The summed E-state index contributed by atoms with van der Waals surface area (Å²) in [7, 11) is 0. The van der Waals surface area contributed by atoms with Crippen molar-refractivity contribution in [1.82, 2.24) is 9.80 Å². The van der Waals surface area contributed by atoms with Gasteiger partial charge < -0.3 is 14.5 Å². The van der Waals surface area contributed by atoms with E-state index in [0.717, 1.165) is 31.5 Å². The number of rotatable bonds is 6. The van der Waals surface area contributed by atoms with Gasteiger partial charge in [0, 0.05) is 43.9 Å². The smallest absolute Gasteiger partial charge is 0.370 e. The molecule has 2 aliphatic heterocycles. The Labute approximate surface area is 253 Å². The summed E-state index contributed by atoms with van der Waals surface area (Å²) in [6.07, 6.45) is -6.39. The maximum Gasteiger partial charge on any atom is 0.416 e. The van der Waals surface area contributed by atoms with E-state index in [-0.39, 0.29) is 41.2 Å². The van der Waals surface area contributed by atoms with E-state index in [1.165, 1.54) is 6.92 Å². The standard InChI is InChI=1S/C33H38F6N2O3/c1-21(25-17-26(32(34,35)36)19-27(18-25)33(37,38)39)44-29-13-16-41(20-28(29)22-7-3-2-4-8-22)31(43)24-11-9-23(10-12-24)30(42)40-14-5-6-15-40/h2-4,7-8,17-19,21,23-24,28-29H,5-6,9-16,20H2,1H3/t21-,23-,24-,28+,29+/m1/s1. The van der Waals surface area contributed by atoms with Crippen molar-refractivity contribution in [3.63, 3.8) is 0 Å². The maximum absolute atomic E-state index is 13.7. The lowest BCUT2D eigenvalue weighted by atomic mass is 9.80. The van der Waals surface area contributed by atoms with Gasteiger partial charge in [-0.25, -0.2) is 0 Å². The van der Waals surface area contributed by atoms with Crippen molar-refractivity contribution in [1.29, 1.82) is 0 Å². The Morgan fingerprint density at radius 3 is 1.80 bits per heavy atom. The first-order chi connectivity index (χ1) is 20.8. The number of carbonyl (C=O) groups is 2. The number of halogens is 6. The first-order valence-corrected chi connectivity index (χ1v) is 15.4. The Kier molecular flexibility index (Phi) is 9.63. The van der Waals surface area contributed by atoms with Crippen molar-refractivity contribution >= 4 is 11.8 Å². The highest BCUT2D eigenvalue weighted by atomic mass is 19.4. The van der Waals surface area contributed by atoms with Crippen LogP contribution in [-0.2, 0) is 26.7 Å². The molecule has 11 heteroatoms. The molecule has 5 rings (SSSR count). The second-order valence-corrected chi connectivity index (χ2v) is 12.3. The number of hydrogen-bond acceptors (Lipinski definition) is 3. The van der Waals surface area contributed by atoms with Gasteiger partial charge in [0.25, 0.3) is 0 Å². The maximum atomic E-state index is 13.7. The minimum absolute atomic E-state index is 0.0252. The van der Waals surface area contributed by atoms with Crippen LogP contribution >= 0.6 is 0 Å². The highest BCUT2D eigenvalue weighted by molar-refractivity contribution is 5.81. The zero-order valence-corrected chi connectivity index (χ0v) is 24.7. The Hall–Kier alpha value is -3.08. The fourth-order valence-electron chi connectivity index (χ4n) is 6.91. The van der Waals surface area contributed by atoms with Crippen molar-refractivity contribution in [3.8, 4) is 0 Å². The topological polar surface area (TPSA) is 49.9 Å². The van der Waals surface area contributed by atoms with Gasteiger partial charge in [0.1, 0.15) is 0 Å². The zero-order chi connectivity index (χ0) is 31.6. The van der Waals surface area contributed by atoms with Crippen LogP contribution in [-0.4, -0.2) is 53.9 Å². The number of benzene rings is 2. The average Bonchev–Trinajstić information content (AvgIpc) is 3.55. The SMILES string of the molecule is C[C@@H](O[C@H]1CCN(C(=O)[C@H]2CC[C@H](C(=O)N3CCCC3)CC2)C[C@H]1c1ccccc1)c1cc(C(F)(F)F)cc(C(F)(F)F)c1. The monoisotopic (exact) mass is 624 g/mol. The fraction of sp³-hybridized carbons (Fsp3) is 0.576. The summed E-state index contributed by atoms with van der Waals surface area (Å²) in [5.41, 5.74) is -2.09. The third-order valence-electron chi connectivity index (χ3n) is 9.39. The molecule has 1 aliphatic carbocycles. The van der Waals surface area contributed by atoms with Crippen LogP contribution in [0.5, 0.6) is 0 Å².